The van der Waals surface area contributed by atoms with Gasteiger partial charge in [-0.25, -0.2) is 4.79 Å². The third-order valence-corrected chi connectivity index (χ3v) is 4.62. The van der Waals surface area contributed by atoms with Gasteiger partial charge in [0.1, 0.15) is 5.56 Å². The summed E-state index contributed by atoms with van der Waals surface area (Å²) in [6.07, 6.45) is 0.607. The van der Waals surface area contributed by atoms with E-state index in [1.165, 1.54) is 19.1 Å². The summed E-state index contributed by atoms with van der Waals surface area (Å²) in [5.41, 5.74) is 1.15. The number of nitro benzene ring substituents is 1. The minimum Gasteiger partial charge on any atom is -0.449 e. The summed E-state index contributed by atoms with van der Waals surface area (Å²) in [7, 11) is 0. The molecular formula is C19H17ClN2O5. The largest absolute Gasteiger partial charge is 0.449 e. The highest BCUT2D eigenvalue weighted by Gasteiger charge is 2.30. The normalized spacial score (nSPS) is 14.2. The van der Waals surface area contributed by atoms with Crippen LogP contribution < -0.4 is 4.90 Å². The molecule has 1 amide bonds. The Labute approximate surface area is 160 Å². The van der Waals surface area contributed by atoms with Crippen LogP contribution in [0, 0.1) is 10.1 Å². The number of aryl methyl sites for hydroxylation is 1. The summed E-state index contributed by atoms with van der Waals surface area (Å²) in [4.78, 5) is 37.2. The average molecular weight is 389 g/mol. The Bertz CT molecular complexity index is 915. The van der Waals surface area contributed by atoms with Crippen molar-refractivity contribution in [2.75, 3.05) is 11.4 Å². The lowest BCUT2D eigenvalue weighted by molar-refractivity contribution is -0.385. The van der Waals surface area contributed by atoms with Crippen LogP contribution >= 0.6 is 11.6 Å². The standard InChI is InChI=1S/C19H17ClN2O5/c1-12(18(23)21-10-4-6-13-5-2-3-7-16(13)21)27-19(24)15-9-8-14(20)11-17(15)22(25)26/h2-3,5,7-9,11-12H,4,6,10H2,1H3. The van der Waals surface area contributed by atoms with Crippen molar-refractivity contribution in [3.8, 4) is 0 Å². The van der Waals surface area contributed by atoms with E-state index in [1.807, 2.05) is 24.3 Å². The zero-order valence-electron chi connectivity index (χ0n) is 14.6. The molecule has 1 aliphatic rings. The van der Waals surface area contributed by atoms with Gasteiger partial charge in [-0.15, -0.1) is 0 Å². The van der Waals surface area contributed by atoms with Gasteiger partial charge in [-0.3, -0.25) is 14.9 Å². The quantitative estimate of drug-likeness (QED) is 0.451. The van der Waals surface area contributed by atoms with E-state index in [1.54, 1.807) is 4.90 Å². The fourth-order valence-electron chi connectivity index (χ4n) is 3.08. The fourth-order valence-corrected chi connectivity index (χ4v) is 3.25. The topological polar surface area (TPSA) is 89.7 Å². The van der Waals surface area contributed by atoms with E-state index in [0.29, 0.717) is 6.54 Å². The van der Waals surface area contributed by atoms with Crippen molar-refractivity contribution in [1.29, 1.82) is 0 Å². The van der Waals surface area contributed by atoms with Crippen molar-refractivity contribution in [3.05, 3.63) is 68.7 Å². The SMILES string of the molecule is CC(OC(=O)c1ccc(Cl)cc1[N+](=O)[O-])C(=O)N1CCCc2ccccc21. The molecule has 140 valence electrons. The maximum atomic E-state index is 12.8. The minimum absolute atomic E-state index is 0.132. The molecule has 2 aromatic rings. The zero-order chi connectivity index (χ0) is 19.6. The van der Waals surface area contributed by atoms with Crippen molar-refractivity contribution in [1.82, 2.24) is 0 Å². The van der Waals surface area contributed by atoms with Gasteiger partial charge in [0.2, 0.25) is 0 Å². The maximum absolute atomic E-state index is 12.8. The van der Waals surface area contributed by atoms with Gasteiger partial charge in [-0.2, -0.15) is 0 Å². The number of fused-ring (bicyclic) bond motifs is 1. The lowest BCUT2D eigenvalue weighted by Crippen LogP contribution is -2.42. The number of anilines is 1. The van der Waals surface area contributed by atoms with Crippen LogP contribution in [0.25, 0.3) is 0 Å². The van der Waals surface area contributed by atoms with Crippen LogP contribution in [0.5, 0.6) is 0 Å². The lowest BCUT2D eigenvalue weighted by atomic mass is 10.0. The Morgan fingerprint density at radius 1 is 1.26 bits per heavy atom. The second-order valence-electron chi connectivity index (χ2n) is 6.19. The first-order valence-corrected chi connectivity index (χ1v) is 8.80. The second-order valence-corrected chi connectivity index (χ2v) is 6.62. The number of carbonyl (C=O) groups is 2. The Morgan fingerprint density at radius 3 is 2.74 bits per heavy atom. The average Bonchev–Trinajstić information content (AvgIpc) is 2.66. The fraction of sp³-hybridized carbons (Fsp3) is 0.263. The molecule has 0 saturated carbocycles. The number of hydrogen-bond donors (Lipinski definition) is 0. The Kier molecular flexibility index (Phi) is 5.41. The molecule has 0 radical (unpaired) electrons. The molecule has 0 fully saturated rings. The van der Waals surface area contributed by atoms with Crippen molar-refractivity contribution >= 4 is 34.9 Å². The molecule has 0 aromatic heterocycles. The van der Waals surface area contributed by atoms with Crippen molar-refractivity contribution in [2.24, 2.45) is 0 Å². The van der Waals surface area contributed by atoms with Crippen LogP contribution in [-0.4, -0.2) is 29.4 Å². The van der Waals surface area contributed by atoms with Crippen LogP contribution in [0.3, 0.4) is 0 Å². The monoisotopic (exact) mass is 388 g/mol. The molecule has 0 bridgehead atoms. The van der Waals surface area contributed by atoms with Crippen LogP contribution in [0.4, 0.5) is 11.4 Å². The van der Waals surface area contributed by atoms with Gasteiger partial charge in [0.15, 0.2) is 6.10 Å². The van der Waals surface area contributed by atoms with Crippen molar-refractivity contribution in [2.45, 2.75) is 25.9 Å². The van der Waals surface area contributed by atoms with E-state index in [4.69, 9.17) is 16.3 Å². The number of para-hydroxylation sites is 1. The molecule has 1 unspecified atom stereocenters. The van der Waals surface area contributed by atoms with E-state index >= 15 is 0 Å². The first-order chi connectivity index (χ1) is 12.9. The van der Waals surface area contributed by atoms with Crippen LogP contribution in [0.15, 0.2) is 42.5 Å². The number of ether oxygens (including phenoxy) is 1. The Hall–Kier alpha value is -2.93. The first-order valence-electron chi connectivity index (χ1n) is 8.42. The van der Waals surface area contributed by atoms with Crippen LogP contribution in [0.2, 0.25) is 5.02 Å². The van der Waals surface area contributed by atoms with Gasteiger partial charge in [0, 0.05) is 23.3 Å². The van der Waals surface area contributed by atoms with Crippen molar-refractivity contribution in [3.63, 3.8) is 0 Å². The predicted molar refractivity (Wildman–Crippen MR) is 100 cm³/mol. The summed E-state index contributed by atoms with van der Waals surface area (Å²) in [6, 6.07) is 11.2. The highest BCUT2D eigenvalue weighted by Crippen LogP contribution is 2.28. The minimum atomic E-state index is -1.08. The summed E-state index contributed by atoms with van der Waals surface area (Å²) in [5.74, 6) is -1.31. The highest BCUT2D eigenvalue weighted by molar-refractivity contribution is 6.31. The number of esters is 1. The molecule has 3 rings (SSSR count). The molecule has 0 aliphatic carbocycles. The molecule has 0 spiro atoms. The number of amides is 1. The van der Waals surface area contributed by atoms with E-state index in [0.717, 1.165) is 30.2 Å². The number of halogens is 1. The molecule has 2 aromatic carbocycles. The molecule has 1 aliphatic heterocycles. The molecule has 0 N–H and O–H groups in total. The maximum Gasteiger partial charge on any atom is 0.345 e. The van der Waals surface area contributed by atoms with Crippen LogP contribution in [-0.2, 0) is 16.0 Å². The predicted octanol–water partition coefficient (Wildman–Crippen LogP) is 3.77. The summed E-state index contributed by atoms with van der Waals surface area (Å²) in [6.45, 7) is 1.98. The van der Waals surface area contributed by atoms with E-state index in [2.05, 4.69) is 0 Å². The number of rotatable bonds is 4. The third kappa shape index (κ3) is 3.93. The van der Waals surface area contributed by atoms with Gasteiger partial charge in [0.05, 0.1) is 4.92 Å². The summed E-state index contributed by atoms with van der Waals surface area (Å²) in [5, 5.41) is 11.3. The number of carbonyl (C=O) groups excluding carboxylic acids is 2. The number of nitrogens with zero attached hydrogens (tertiary/aromatic N) is 2. The molecule has 7 nitrogen and oxygen atoms in total. The van der Waals surface area contributed by atoms with Gasteiger partial charge >= 0.3 is 5.97 Å². The van der Waals surface area contributed by atoms with Gasteiger partial charge in [0.25, 0.3) is 11.6 Å². The van der Waals surface area contributed by atoms with E-state index in [-0.39, 0.29) is 16.5 Å². The molecule has 8 heteroatoms. The zero-order valence-corrected chi connectivity index (χ0v) is 15.3. The molecular weight excluding hydrogens is 372 g/mol. The number of hydrogen-bond acceptors (Lipinski definition) is 5. The summed E-state index contributed by atoms with van der Waals surface area (Å²) < 4.78 is 5.22. The molecule has 27 heavy (non-hydrogen) atoms. The lowest BCUT2D eigenvalue weighted by Gasteiger charge is -2.31. The van der Waals surface area contributed by atoms with E-state index in [9.17, 15) is 19.7 Å². The second kappa shape index (κ2) is 7.75. The summed E-state index contributed by atoms with van der Waals surface area (Å²) >= 11 is 5.75. The number of benzene rings is 2. The molecule has 1 atom stereocenters. The Balaban J connectivity index is 1.78. The van der Waals surface area contributed by atoms with Crippen LogP contribution in [0.1, 0.15) is 29.3 Å². The van der Waals surface area contributed by atoms with Gasteiger partial charge in [-0.1, -0.05) is 29.8 Å². The highest BCUT2D eigenvalue weighted by atomic mass is 35.5. The van der Waals surface area contributed by atoms with E-state index < -0.39 is 22.7 Å². The van der Waals surface area contributed by atoms with Gasteiger partial charge < -0.3 is 9.64 Å². The van der Waals surface area contributed by atoms with Crippen molar-refractivity contribution < 1.29 is 19.2 Å². The Morgan fingerprint density at radius 2 is 2.00 bits per heavy atom. The third-order valence-electron chi connectivity index (χ3n) is 4.38. The number of nitro groups is 1. The smallest absolute Gasteiger partial charge is 0.345 e. The molecule has 0 saturated heterocycles. The first kappa shape index (κ1) is 18.8. The molecule has 1 heterocycles. The van der Waals surface area contributed by atoms with Gasteiger partial charge in [-0.05, 0) is 43.5 Å².